The summed E-state index contributed by atoms with van der Waals surface area (Å²) in [7, 11) is 1.80. The molecule has 3 rings (SSSR count). The van der Waals surface area contributed by atoms with E-state index in [4.69, 9.17) is 4.98 Å². The van der Waals surface area contributed by atoms with Gasteiger partial charge in [0.15, 0.2) is 5.82 Å². The van der Waals surface area contributed by atoms with Gasteiger partial charge in [0, 0.05) is 24.7 Å². The number of benzene rings is 2. The third-order valence-electron chi connectivity index (χ3n) is 6.19. The molecule has 0 aliphatic heterocycles. The van der Waals surface area contributed by atoms with Crippen LogP contribution < -0.4 is 10.9 Å². The topological polar surface area (TPSA) is 70.7 Å². The van der Waals surface area contributed by atoms with Gasteiger partial charge in [0.1, 0.15) is 0 Å². The second-order valence-electron chi connectivity index (χ2n) is 9.20. The van der Waals surface area contributed by atoms with Crippen molar-refractivity contribution < 1.29 is 0 Å². The predicted octanol–water partition coefficient (Wildman–Crippen LogP) is 6.17. The molecule has 1 N–H and O–H groups in total. The molecule has 0 unspecified atom stereocenters. The molecule has 0 aliphatic rings. The van der Waals surface area contributed by atoms with Gasteiger partial charge in [-0.25, -0.2) is 4.98 Å². The van der Waals surface area contributed by atoms with Crippen LogP contribution in [-0.4, -0.2) is 16.1 Å². The van der Waals surface area contributed by atoms with Crippen LogP contribution in [0.2, 0.25) is 0 Å². The molecule has 1 heterocycles. The summed E-state index contributed by atoms with van der Waals surface area (Å²) in [5, 5.41) is 12.5. The Morgan fingerprint density at radius 2 is 1.67 bits per heavy atom. The van der Waals surface area contributed by atoms with Crippen molar-refractivity contribution in [3.8, 4) is 28.6 Å². The Labute approximate surface area is 197 Å². The van der Waals surface area contributed by atoms with Gasteiger partial charge in [-0.3, -0.25) is 4.79 Å². The number of nitrogens with one attached hydrogen (secondary N) is 1. The highest BCUT2D eigenvalue weighted by atomic mass is 16.1. The lowest BCUT2D eigenvalue weighted by atomic mass is 9.96. The maximum atomic E-state index is 13.3. The average Bonchev–Trinajstić information content (AvgIpc) is 2.82. The minimum Gasteiger partial charge on any atom is -0.365 e. The van der Waals surface area contributed by atoms with Gasteiger partial charge >= 0.3 is 0 Å². The van der Waals surface area contributed by atoms with E-state index < -0.39 is 0 Å². The minimum atomic E-state index is -0.137. The van der Waals surface area contributed by atoms with Crippen molar-refractivity contribution in [3.63, 3.8) is 0 Å². The first kappa shape index (κ1) is 24.3. The van der Waals surface area contributed by atoms with Crippen molar-refractivity contribution in [1.82, 2.24) is 9.55 Å². The minimum absolute atomic E-state index is 0.137. The van der Waals surface area contributed by atoms with Crippen molar-refractivity contribution in [2.45, 2.75) is 47.0 Å². The fraction of sp³-hybridized carbons (Fsp3) is 0.393. The summed E-state index contributed by atoms with van der Waals surface area (Å²) in [5.74, 6) is 1.53. The molecule has 0 amide bonds. The quantitative estimate of drug-likeness (QED) is 0.430. The van der Waals surface area contributed by atoms with E-state index in [1.165, 1.54) is 6.42 Å². The zero-order chi connectivity index (χ0) is 24.0. The summed E-state index contributed by atoms with van der Waals surface area (Å²) in [6.45, 7) is 9.44. The number of aromatic nitrogens is 2. The Morgan fingerprint density at radius 1 is 1.03 bits per heavy atom. The Balaban J connectivity index is 2.05. The van der Waals surface area contributed by atoms with E-state index in [-0.39, 0.29) is 5.56 Å². The second-order valence-corrected chi connectivity index (χ2v) is 9.20. The van der Waals surface area contributed by atoms with E-state index in [0.717, 1.165) is 47.5 Å². The fourth-order valence-corrected chi connectivity index (χ4v) is 3.95. The van der Waals surface area contributed by atoms with Crippen molar-refractivity contribution in [2.24, 2.45) is 18.9 Å². The Bertz CT molecular complexity index is 1170. The van der Waals surface area contributed by atoms with Crippen molar-refractivity contribution in [1.29, 1.82) is 5.26 Å². The molecule has 0 radical (unpaired) electrons. The maximum Gasteiger partial charge on any atom is 0.293 e. The monoisotopic (exact) mass is 442 g/mol. The lowest BCUT2D eigenvalue weighted by molar-refractivity contribution is 0.428. The molecule has 0 saturated heterocycles. The first-order valence-corrected chi connectivity index (χ1v) is 11.8. The average molecular weight is 443 g/mol. The molecule has 0 bridgehead atoms. The number of hydrogen-bond acceptors (Lipinski definition) is 4. The molecular weight excluding hydrogens is 408 g/mol. The summed E-state index contributed by atoms with van der Waals surface area (Å²) in [5.41, 5.74) is 4.90. The number of rotatable bonds is 9. The normalized spacial score (nSPS) is 11.9. The molecule has 0 fully saturated rings. The first-order chi connectivity index (χ1) is 15.8. The van der Waals surface area contributed by atoms with Crippen LogP contribution >= 0.6 is 0 Å². The molecule has 1 aromatic heterocycles. The standard InChI is InChI=1S/C28H34N4O/c1-6-21(10-7-19(2)3)18-30-27-28(33)32(5)26(24-13-8-20(4)9-14-24)25(31-27)23-15-11-22(17-29)12-16-23/h8-9,11-16,19,21H,6-7,10,18H2,1-5H3,(H,30,31)/t21-/m1/s1. The summed E-state index contributed by atoms with van der Waals surface area (Å²) in [4.78, 5) is 18.1. The molecule has 0 saturated carbocycles. The van der Waals surface area contributed by atoms with Gasteiger partial charge in [-0.15, -0.1) is 0 Å². The molecule has 0 spiro atoms. The highest BCUT2D eigenvalue weighted by molar-refractivity contribution is 5.79. The van der Waals surface area contributed by atoms with E-state index in [2.05, 4.69) is 32.2 Å². The van der Waals surface area contributed by atoms with Crippen LogP contribution in [0.5, 0.6) is 0 Å². The number of anilines is 1. The summed E-state index contributed by atoms with van der Waals surface area (Å²) in [6.07, 6.45) is 3.36. The van der Waals surface area contributed by atoms with Crippen LogP contribution in [0.25, 0.3) is 22.5 Å². The van der Waals surface area contributed by atoms with Crippen molar-refractivity contribution >= 4 is 5.82 Å². The largest absolute Gasteiger partial charge is 0.365 e. The second kappa shape index (κ2) is 11.0. The van der Waals surface area contributed by atoms with Gasteiger partial charge < -0.3 is 9.88 Å². The number of hydrogen-bond donors (Lipinski definition) is 1. The van der Waals surface area contributed by atoms with Crippen LogP contribution in [0, 0.1) is 30.1 Å². The lowest BCUT2D eigenvalue weighted by Crippen LogP contribution is -2.27. The van der Waals surface area contributed by atoms with Crippen LogP contribution in [0.15, 0.2) is 53.3 Å². The lowest BCUT2D eigenvalue weighted by Gasteiger charge is -2.20. The van der Waals surface area contributed by atoms with Crippen LogP contribution in [0.1, 0.15) is 51.2 Å². The fourth-order valence-electron chi connectivity index (χ4n) is 3.95. The van der Waals surface area contributed by atoms with Crippen LogP contribution in [0.4, 0.5) is 5.82 Å². The summed E-state index contributed by atoms with van der Waals surface area (Å²) < 4.78 is 1.68. The Hall–Kier alpha value is -3.39. The van der Waals surface area contributed by atoms with Crippen molar-refractivity contribution in [2.75, 3.05) is 11.9 Å². The van der Waals surface area contributed by atoms with Gasteiger partial charge in [0.05, 0.1) is 23.0 Å². The van der Waals surface area contributed by atoms with Gasteiger partial charge in [-0.1, -0.05) is 75.6 Å². The summed E-state index contributed by atoms with van der Waals surface area (Å²) in [6, 6.07) is 17.6. The zero-order valence-corrected chi connectivity index (χ0v) is 20.4. The van der Waals surface area contributed by atoms with Crippen LogP contribution in [0.3, 0.4) is 0 Å². The Morgan fingerprint density at radius 3 is 2.24 bits per heavy atom. The van der Waals surface area contributed by atoms with E-state index >= 15 is 0 Å². The third kappa shape index (κ3) is 5.90. The predicted molar refractivity (Wildman–Crippen MR) is 136 cm³/mol. The number of nitriles is 1. The number of nitrogens with zero attached hydrogens (tertiary/aromatic N) is 3. The van der Waals surface area contributed by atoms with E-state index in [9.17, 15) is 10.1 Å². The molecule has 172 valence electrons. The number of aryl methyl sites for hydroxylation is 1. The van der Waals surface area contributed by atoms with E-state index in [1.807, 2.05) is 43.3 Å². The molecule has 1 atom stereocenters. The van der Waals surface area contributed by atoms with E-state index in [0.29, 0.717) is 23.2 Å². The molecule has 2 aromatic carbocycles. The van der Waals surface area contributed by atoms with Gasteiger partial charge in [-0.05, 0) is 37.3 Å². The SMILES string of the molecule is CC[C@H](CCC(C)C)CNc1nc(-c2ccc(C#N)cc2)c(-c2ccc(C)cc2)n(C)c1=O. The van der Waals surface area contributed by atoms with Gasteiger partial charge in [-0.2, -0.15) is 5.26 Å². The maximum absolute atomic E-state index is 13.3. The summed E-state index contributed by atoms with van der Waals surface area (Å²) >= 11 is 0. The molecule has 33 heavy (non-hydrogen) atoms. The van der Waals surface area contributed by atoms with Gasteiger partial charge in [0.2, 0.25) is 0 Å². The Kier molecular flexibility index (Phi) is 8.06. The zero-order valence-electron chi connectivity index (χ0n) is 20.4. The van der Waals surface area contributed by atoms with Crippen LogP contribution in [-0.2, 0) is 7.05 Å². The molecule has 5 nitrogen and oxygen atoms in total. The smallest absolute Gasteiger partial charge is 0.293 e. The van der Waals surface area contributed by atoms with Gasteiger partial charge in [0.25, 0.3) is 5.56 Å². The highest BCUT2D eigenvalue weighted by Gasteiger charge is 2.18. The molecular formula is C28H34N4O. The molecule has 0 aliphatic carbocycles. The highest BCUT2D eigenvalue weighted by Crippen LogP contribution is 2.30. The molecule has 3 aromatic rings. The van der Waals surface area contributed by atoms with E-state index in [1.54, 1.807) is 23.7 Å². The molecule has 5 heteroatoms. The van der Waals surface area contributed by atoms with Crippen molar-refractivity contribution in [3.05, 3.63) is 70.0 Å². The third-order valence-corrected chi connectivity index (χ3v) is 6.19. The first-order valence-electron chi connectivity index (χ1n) is 11.8.